The van der Waals surface area contributed by atoms with Crippen LogP contribution < -0.4 is 4.90 Å². The SMILES string of the molecule is CN1CCN(c2ccc(/C(=N\O)C(=O)c3ccc(-n4ccc5cccnc54)cc3)cn2)CC1. The first kappa shape index (κ1) is 20.8. The minimum absolute atomic E-state index is 0.0340. The van der Waals surface area contributed by atoms with Gasteiger partial charge in [0.15, 0.2) is 5.71 Å². The summed E-state index contributed by atoms with van der Waals surface area (Å²) in [6, 6.07) is 16.7. The van der Waals surface area contributed by atoms with Crippen molar-refractivity contribution < 1.29 is 10.0 Å². The predicted molar refractivity (Wildman–Crippen MR) is 128 cm³/mol. The van der Waals surface area contributed by atoms with E-state index in [0.717, 1.165) is 48.7 Å². The van der Waals surface area contributed by atoms with Gasteiger partial charge in [0, 0.05) is 67.0 Å². The Morgan fingerprint density at radius 1 is 0.939 bits per heavy atom. The number of aromatic nitrogens is 3. The molecule has 1 N–H and O–H groups in total. The number of fused-ring (bicyclic) bond motifs is 1. The lowest BCUT2D eigenvalue weighted by molar-refractivity contribution is 0.106. The maximum Gasteiger partial charge on any atom is 0.215 e. The lowest BCUT2D eigenvalue weighted by Crippen LogP contribution is -2.44. The Balaban J connectivity index is 1.34. The van der Waals surface area contributed by atoms with Crippen molar-refractivity contribution in [3.63, 3.8) is 0 Å². The van der Waals surface area contributed by atoms with E-state index in [1.807, 2.05) is 47.2 Å². The van der Waals surface area contributed by atoms with Crippen LogP contribution in [0.25, 0.3) is 16.7 Å². The molecule has 8 heteroatoms. The molecule has 166 valence electrons. The summed E-state index contributed by atoms with van der Waals surface area (Å²) in [6.07, 6.45) is 5.29. The molecule has 1 aliphatic rings. The van der Waals surface area contributed by atoms with E-state index in [4.69, 9.17) is 0 Å². The van der Waals surface area contributed by atoms with E-state index in [1.54, 1.807) is 30.6 Å². The zero-order chi connectivity index (χ0) is 22.8. The van der Waals surface area contributed by atoms with E-state index in [0.29, 0.717) is 11.1 Å². The van der Waals surface area contributed by atoms with Gasteiger partial charge in [-0.1, -0.05) is 5.16 Å². The lowest BCUT2D eigenvalue weighted by atomic mass is 10.0. The maximum atomic E-state index is 13.1. The van der Waals surface area contributed by atoms with Crippen LogP contribution in [-0.4, -0.2) is 69.4 Å². The molecule has 0 amide bonds. The summed E-state index contributed by atoms with van der Waals surface area (Å²) in [5.74, 6) is 0.488. The fourth-order valence-electron chi connectivity index (χ4n) is 4.07. The largest absolute Gasteiger partial charge is 0.410 e. The van der Waals surface area contributed by atoms with Gasteiger partial charge in [-0.25, -0.2) is 9.97 Å². The molecule has 4 aromatic rings. The number of rotatable bonds is 5. The molecule has 1 aromatic carbocycles. The van der Waals surface area contributed by atoms with Gasteiger partial charge in [-0.2, -0.15) is 0 Å². The fourth-order valence-corrected chi connectivity index (χ4v) is 4.07. The van der Waals surface area contributed by atoms with E-state index in [9.17, 15) is 10.0 Å². The Morgan fingerprint density at radius 3 is 2.39 bits per heavy atom. The first-order valence-corrected chi connectivity index (χ1v) is 10.8. The fraction of sp³-hybridized carbons (Fsp3) is 0.200. The number of hydrogen-bond donors (Lipinski definition) is 1. The normalized spacial score (nSPS) is 15.2. The van der Waals surface area contributed by atoms with Crippen molar-refractivity contribution in [1.29, 1.82) is 0 Å². The van der Waals surface area contributed by atoms with Crippen LogP contribution in [0.4, 0.5) is 5.82 Å². The second kappa shape index (κ2) is 8.84. The highest BCUT2D eigenvalue weighted by atomic mass is 16.4. The molecule has 33 heavy (non-hydrogen) atoms. The van der Waals surface area contributed by atoms with Crippen LogP contribution >= 0.6 is 0 Å². The number of Topliss-reactive ketones (excluding diaryl/α,β-unsaturated/α-hetero) is 1. The highest BCUT2D eigenvalue weighted by molar-refractivity contribution is 6.51. The Bertz CT molecular complexity index is 1300. The third kappa shape index (κ3) is 4.08. The average molecular weight is 441 g/mol. The molecule has 0 spiro atoms. The summed E-state index contributed by atoms with van der Waals surface area (Å²) in [5.41, 5.74) is 2.61. The van der Waals surface area contributed by atoms with Crippen LogP contribution in [0.15, 0.2) is 78.3 Å². The molecule has 0 saturated carbocycles. The highest BCUT2D eigenvalue weighted by Crippen LogP contribution is 2.20. The molecule has 1 saturated heterocycles. The van der Waals surface area contributed by atoms with Crippen LogP contribution in [0.2, 0.25) is 0 Å². The van der Waals surface area contributed by atoms with E-state index in [2.05, 4.69) is 32.0 Å². The van der Waals surface area contributed by atoms with Crippen LogP contribution in [0.1, 0.15) is 15.9 Å². The van der Waals surface area contributed by atoms with Crippen molar-refractivity contribution in [2.75, 3.05) is 38.1 Å². The van der Waals surface area contributed by atoms with Gasteiger partial charge in [0.1, 0.15) is 11.5 Å². The van der Waals surface area contributed by atoms with Crippen LogP contribution in [-0.2, 0) is 0 Å². The first-order valence-electron chi connectivity index (χ1n) is 10.8. The van der Waals surface area contributed by atoms with Crippen LogP contribution in [0, 0.1) is 0 Å². The Hall–Kier alpha value is -4.04. The third-order valence-corrected chi connectivity index (χ3v) is 6.02. The Kier molecular flexibility index (Phi) is 5.58. The summed E-state index contributed by atoms with van der Waals surface area (Å²) in [6.45, 7) is 3.77. The number of ketones is 1. The number of likely N-dealkylation sites (N-methyl/N-ethyl adjacent to an activating group) is 1. The van der Waals surface area contributed by atoms with Crippen molar-refractivity contribution >= 4 is 28.3 Å². The van der Waals surface area contributed by atoms with E-state index >= 15 is 0 Å². The summed E-state index contributed by atoms with van der Waals surface area (Å²) < 4.78 is 1.96. The molecular weight excluding hydrogens is 416 g/mol. The Labute approximate surface area is 191 Å². The molecule has 8 nitrogen and oxygen atoms in total. The maximum absolute atomic E-state index is 13.1. The molecule has 0 unspecified atom stereocenters. The number of hydrogen-bond acceptors (Lipinski definition) is 7. The minimum atomic E-state index is -0.367. The monoisotopic (exact) mass is 440 g/mol. The van der Waals surface area contributed by atoms with E-state index in [1.165, 1.54) is 0 Å². The number of oxime groups is 1. The number of piperazine rings is 1. The van der Waals surface area contributed by atoms with Gasteiger partial charge in [-0.15, -0.1) is 0 Å². The number of nitrogens with zero attached hydrogens (tertiary/aromatic N) is 6. The number of anilines is 1. The van der Waals surface area contributed by atoms with Crippen LogP contribution in [0.3, 0.4) is 0 Å². The summed E-state index contributed by atoms with van der Waals surface area (Å²) in [4.78, 5) is 26.5. The molecule has 0 aliphatic carbocycles. The lowest BCUT2D eigenvalue weighted by Gasteiger charge is -2.33. The molecule has 0 bridgehead atoms. The van der Waals surface area contributed by atoms with Gasteiger partial charge in [0.25, 0.3) is 0 Å². The zero-order valence-electron chi connectivity index (χ0n) is 18.3. The van der Waals surface area contributed by atoms with Crippen molar-refractivity contribution in [2.24, 2.45) is 5.16 Å². The van der Waals surface area contributed by atoms with E-state index < -0.39 is 0 Å². The molecule has 1 fully saturated rings. The van der Waals surface area contributed by atoms with Gasteiger partial charge in [0.05, 0.1) is 0 Å². The quantitative estimate of drug-likeness (QED) is 0.222. The number of benzene rings is 1. The topological polar surface area (TPSA) is 86.9 Å². The van der Waals surface area contributed by atoms with Crippen molar-refractivity contribution in [3.05, 3.63) is 84.3 Å². The summed E-state index contributed by atoms with van der Waals surface area (Å²) in [7, 11) is 2.10. The standard InChI is InChI=1S/C25H24N6O2/c1-29-13-15-30(16-14-29)22-9-6-20(17-27-22)23(28-33)24(32)18-4-7-21(8-5-18)31-12-10-19-3-2-11-26-25(19)31/h2-12,17,33H,13-16H2,1H3/b28-23+. The van der Waals surface area contributed by atoms with Crippen molar-refractivity contribution in [2.45, 2.75) is 0 Å². The molecule has 4 heterocycles. The van der Waals surface area contributed by atoms with Crippen LogP contribution in [0.5, 0.6) is 0 Å². The molecular formula is C25H24N6O2. The van der Waals surface area contributed by atoms with Crippen molar-refractivity contribution in [3.8, 4) is 5.69 Å². The van der Waals surface area contributed by atoms with Gasteiger partial charge in [0.2, 0.25) is 5.78 Å². The zero-order valence-corrected chi connectivity index (χ0v) is 18.3. The third-order valence-electron chi connectivity index (χ3n) is 6.02. The van der Waals surface area contributed by atoms with Crippen molar-refractivity contribution in [1.82, 2.24) is 19.4 Å². The summed E-state index contributed by atoms with van der Waals surface area (Å²) >= 11 is 0. The first-order chi connectivity index (χ1) is 16.1. The highest BCUT2D eigenvalue weighted by Gasteiger charge is 2.20. The number of carbonyl (C=O) groups is 1. The number of carbonyl (C=O) groups excluding carboxylic acids is 1. The second-order valence-corrected chi connectivity index (χ2v) is 8.12. The Morgan fingerprint density at radius 2 is 1.70 bits per heavy atom. The minimum Gasteiger partial charge on any atom is -0.410 e. The smallest absolute Gasteiger partial charge is 0.215 e. The molecule has 0 atom stereocenters. The van der Waals surface area contributed by atoms with Gasteiger partial charge < -0.3 is 19.6 Å². The molecule has 5 rings (SSSR count). The van der Waals surface area contributed by atoms with Gasteiger partial charge in [-0.05, 0) is 61.6 Å². The molecule has 0 radical (unpaired) electrons. The van der Waals surface area contributed by atoms with Gasteiger partial charge >= 0.3 is 0 Å². The number of pyridine rings is 2. The van der Waals surface area contributed by atoms with E-state index in [-0.39, 0.29) is 11.5 Å². The second-order valence-electron chi connectivity index (χ2n) is 8.12. The summed E-state index contributed by atoms with van der Waals surface area (Å²) in [5, 5.41) is 13.9. The predicted octanol–water partition coefficient (Wildman–Crippen LogP) is 3.23. The van der Waals surface area contributed by atoms with Gasteiger partial charge in [-0.3, -0.25) is 4.79 Å². The average Bonchev–Trinajstić information content (AvgIpc) is 3.30. The molecule has 1 aliphatic heterocycles. The molecule has 3 aromatic heterocycles.